The van der Waals surface area contributed by atoms with Crippen LogP contribution in [0.4, 0.5) is 4.79 Å². The van der Waals surface area contributed by atoms with Crippen LogP contribution in [-0.2, 0) is 4.74 Å². The molecule has 1 unspecified atom stereocenters. The molecule has 2 rings (SSSR count). The molecule has 23 heavy (non-hydrogen) atoms. The van der Waals surface area contributed by atoms with E-state index < -0.39 is 5.60 Å². The van der Waals surface area contributed by atoms with Gasteiger partial charge in [-0.2, -0.15) is 0 Å². The first-order valence-electron chi connectivity index (χ1n) is 8.22. The summed E-state index contributed by atoms with van der Waals surface area (Å²) in [6, 6.07) is 3.29. The lowest BCUT2D eigenvalue weighted by Gasteiger charge is -2.32. The Morgan fingerprint density at radius 1 is 1.30 bits per heavy atom. The molecule has 1 atom stereocenters. The maximum Gasteiger partial charge on any atom is 0.407 e. The van der Waals surface area contributed by atoms with Crippen molar-refractivity contribution < 1.29 is 9.53 Å². The van der Waals surface area contributed by atoms with Crippen LogP contribution in [-0.4, -0.2) is 23.8 Å². The van der Waals surface area contributed by atoms with Crippen molar-refractivity contribution in [2.75, 3.05) is 0 Å². The second kappa shape index (κ2) is 7.99. The number of amides is 1. The Bertz CT molecular complexity index is 519. The molecule has 0 spiro atoms. The molecule has 1 aromatic rings. The summed E-state index contributed by atoms with van der Waals surface area (Å²) in [4.78, 5) is 13.2. The molecule has 0 aliphatic heterocycles. The monoisotopic (exact) mass is 402 g/mol. The molecule has 1 saturated carbocycles. The van der Waals surface area contributed by atoms with E-state index in [0.29, 0.717) is 12.1 Å². The van der Waals surface area contributed by atoms with Crippen LogP contribution in [0, 0.1) is 0 Å². The molecule has 0 saturated heterocycles. The number of hydrogen-bond acceptors (Lipinski definition) is 4. The SMILES string of the molecule is CC(NC1CCC(NC(=O)OC(C)(C)C)CC1)c1cc(Br)cs1. The van der Waals surface area contributed by atoms with Crippen molar-refractivity contribution in [3.8, 4) is 0 Å². The average Bonchev–Trinajstić information content (AvgIpc) is 2.85. The van der Waals surface area contributed by atoms with Gasteiger partial charge in [0.05, 0.1) is 0 Å². The summed E-state index contributed by atoms with van der Waals surface area (Å²) < 4.78 is 6.47. The number of nitrogens with one attached hydrogen (secondary N) is 2. The van der Waals surface area contributed by atoms with E-state index in [1.165, 1.54) is 4.88 Å². The van der Waals surface area contributed by atoms with E-state index in [-0.39, 0.29) is 12.1 Å². The van der Waals surface area contributed by atoms with Gasteiger partial charge in [-0.3, -0.25) is 0 Å². The molecule has 1 amide bonds. The molecule has 0 bridgehead atoms. The van der Waals surface area contributed by atoms with Gasteiger partial charge in [0.25, 0.3) is 0 Å². The van der Waals surface area contributed by atoms with Crippen molar-refractivity contribution in [2.45, 2.75) is 77.1 Å². The highest BCUT2D eigenvalue weighted by molar-refractivity contribution is 9.10. The van der Waals surface area contributed by atoms with E-state index in [1.807, 2.05) is 20.8 Å². The minimum absolute atomic E-state index is 0.231. The van der Waals surface area contributed by atoms with Gasteiger partial charge < -0.3 is 15.4 Å². The summed E-state index contributed by atoms with van der Waals surface area (Å²) in [5.41, 5.74) is -0.437. The molecular weight excluding hydrogens is 376 g/mol. The Balaban J connectivity index is 1.72. The first kappa shape index (κ1) is 18.7. The summed E-state index contributed by atoms with van der Waals surface area (Å²) in [7, 11) is 0. The fourth-order valence-corrected chi connectivity index (χ4v) is 4.33. The molecular formula is C17H27BrN2O2S. The number of hydrogen-bond donors (Lipinski definition) is 2. The van der Waals surface area contributed by atoms with Crippen LogP contribution in [0.2, 0.25) is 0 Å². The van der Waals surface area contributed by atoms with Crippen LogP contribution in [0.5, 0.6) is 0 Å². The Morgan fingerprint density at radius 2 is 1.91 bits per heavy atom. The molecule has 4 nitrogen and oxygen atoms in total. The van der Waals surface area contributed by atoms with Gasteiger partial charge in [-0.1, -0.05) is 0 Å². The van der Waals surface area contributed by atoms with Gasteiger partial charge in [-0.05, 0) is 75.4 Å². The summed E-state index contributed by atoms with van der Waals surface area (Å²) in [5.74, 6) is 0. The number of rotatable bonds is 4. The molecule has 2 N–H and O–H groups in total. The lowest BCUT2D eigenvalue weighted by atomic mass is 9.91. The van der Waals surface area contributed by atoms with Gasteiger partial charge in [0, 0.05) is 32.9 Å². The standard InChI is InChI=1S/C17H27BrN2O2S/c1-11(15-9-12(18)10-23-15)19-13-5-7-14(8-6-13)20-16(21)22-17(2,3)4/h9-11,13-14,19H,5-8H2,1-4H3,(H,20,21). The average molecular weight is 403 g/mol. The van der Waals surface area contributed by atoms with Crippen LogP contribution in [0.25, 0.3) is 0 Å². The van der Waals surface area contributed by atoms with E-state index >= 15 is 0 Å². The van der Waals surface area contributed by atoms with Gasteiger partial charge in [-0.25, -0.2) is 4.79 Å². The zero-order valence-electron chi connectivity index (χ0n) is 14.3. The van der Waals surface area contributed by atoms with Crippen molar-refractivity contribution in [1.29, 1.82) is 0 Å². The van der Waals surface area contributed by atoms with Crippen molar-refractivity contribution >= 4 is 33.4 Å². The van der Waals surface area contributed by atoms with Crippen LogP contribution < -0.4 is 10.6 Å². The van der Waals surface area contributed by atoms with Crippen LogP contribution >= 0.6 is 27.3 Å². The summed E-state index contributed by atoms with van der Waals surface area (Å²) >= 11 is 5.29. The maximum atomic E-state index is 11.8. The van der Waals surface area contributed by atoms with E-state index in [9.17, 15) is 4.79 Å². The highest BCUT2D eigenvalue weighted by Crippen LogP contribution is 2.27. The van der Waals surface area contributed by atoms with Crippen molar-refractivity contribution in [1.82, 2.24) is 10.6 Å². The first-order valence-corrected chi connectivity index (χ1v) is 9.89. The number of carbonyl (C=O) groups is 1. The fourth-order valence-electron chi connectivity index (χ4n) is 2.87. The Hall–Kier alpha value is -0.590. The Kier molecular flexibility index (Phi) is 6.51. The van der Waals surface area contributed by atoms with Gasteiger partial charge in [0.1, 0.15) is 5.60 Å². The van der Waals surface area contributed by atoms with Crippen molar-refractivity contribution in [2.24, 2.45) is 0 Å². The zero-order chi connectivity index (χ0) is 17.0. The van der Waals surface area contributed by atoms with E-state index in [0.717, 1.165) is 30.2 Å². The highest BCUT2D eigenvalue weighted by Gasteiger charge is 2.25. The lowest BCUT2D eigenvalue weighted by molar-refractivity contribution is 0.0489. The maximum absolute atomic E-state index is 11.8. The number of halogens is 1. The third kappa shape index (κ3) is 6.43. The van der Waals surface area contributed by atoms with Crippen LogP contribution in [0.15, 0.2) is 15.9 Å². The molecule has 1 aliphatic rings. The topological polar surface area (TPSA) is 50.4 Å². The zero-order valence-corrected chi connectivity index (χ0v) is 16.7. The van der Waals surface area contributed by atoms with Crippen LogP contribution in [0.1, 0.15) is 64.3 Å². The normalized spacial score (nSPS) is 23.3. The molecule has 1 aromatic heterocycles. The Morgan fingerprint density at radius 3 is 2.43 bits per heavy atom. The minimum atomic E-state index is -0.437. The van der Waals surface area contributed by atoms with E-state index in [2.05, 4.69) is 44.9 Å². The molecule has 0 aromatic carbocycles. The third-order valence-electron chi connectivity index (χ3n) is 3.95. The Labute approximate surface area is 151 Å². The number of thiophene rings is 1. The number of ether oxygens (including phenoxy) is 1. The quantitative estimate of drug-likeness (QED) is 0.744. The molecule has 1 aliphatic carbocycles. The summed E-state index contributed by atoms with van der Waals surface area (Å²) in [6.07, 6.45) is 3.86. The smallest absolute Gasteiger partial charge is 0.407 e. The second-order valence-corrected chi connectivity index (χ2v) is 9.11. The van der Waals surface area contributed by atoms with Crippen LogP contribution in [0.3, 0.4) is 0 Å². The summed E-state index contributed by atoms with van der Waals surface area (Å²) in [5, 5.41) is 8.82. The van der Waals surface area contributed by atoms with E-state index in [1.54, 1.807) is 11.3 Å². The number of alkyl carbamates (subject to hydrolysis) is 1. The third-order valence-corrected chi connectivity index (χ3v) is 5.82. The van der Waals surface area contributed by atoms with Crippen molar-refractivity contribution in [3.63, 3.8) is 0 Å². The predicted molar refractivity (Wildman–Crippen MR) is 99.0 cm³/mol. The molecule has 1 heterocycles. The largest absolute Gasteiger partial charge is 0.444 e. The minimum Gasteiger partial charge on any atom is -0.444 e. The van der Waals surface area contributed by atoms with Crippen molar-refractivity contribution in [3.05, 3.63) is 20.8 Å². The molecule has 130 valence electrons. The number of carbonyl (C=O) groups excluding carboxylic acids is 1. The second-order valence-electron chi connectivity index (χ2n) is 7.25. The van der Waals surface area contributed by atoms with Gasteiger partial charge in [0.15, 0.2) is 0 Å². The molecule has 0 radical (unpaired) electrons. The van der Waals surface area contributed by atoms with Gasteiger partial charge in [-0.15, -0.1) is 11.3 Å². The lowest BCUT2D eigenvalue weighted by Crippen LogP contribution is -2.44. The highest BCUT2D eigenvalue weighted by atomic mass is 79.9. The molecule has 6 heteroatoms. The predicted octanol–water partition coefficient (Wildman–Crippen LogP) is 5.00. The van der Waals surface area contributed by atoms with Gasteiger partial charge in [0.2, 0.25) is 0 Å². The molecule has 1 fully saturated rings. The fraction of sp³-hybridized carbons (Fsp3) is 0.706. The van der Waals surface area contributed by atoms with E-state index in [4.69, 9.17) is 4.74 Å². The first-order chi connectivity index (χ1) is 10.7. The summed E-state index contributed by atoms with van der Waals surface area (Å²) in [6.45, 7) is 7.87. The van der Waals surface area contributed by atoms with Gasteiger partial charge >= 0.3 is 6.09 Å².